The van der Waals surface area contributed by atoms with E-state index in [1.807, 2.05) is 0 Å². The van der Waals surface area contributed by atoms with Gasteiger partial charge in [0.15, 0.2) is 0 Å². The minimum atomic E-state index is -0.205. The summed E-state index contributed by atoms with van der Waals surface area (Å²) < 4.78 is 0.872. The van der Waals surface area contributed by atoms with Crippen LogP contribution in [0.5, 0.6) is 0 Å². The van der Waals surface area contributed by atoms with Crippen molar-refractivity contribution in [3.8, 4) is 0 Å². The van der Waals surface area contributed by atoms with Gasteiger partial charge in [0.1, 0.15) is 0 Å². The van der Waals surface area contributed by atoms with E-state index in [4.69, 9.17) is 0 Å². The van der Waals surface area contributed by atoms with E-state index in [2.05, 4.69) is 39.2 Å². The first kappa shape index (κ1) is 12.4. The number of rotatable bonds is 2. The van der Waals surface area contributed by atoms with E-state index in [1.165, 1.54) is 0 Å². The molecule has 2 rings (SSSR count). The van der Waals surface area contributed by atoms with Crippen LogP contribution in [0.25, 0.3) is 0 Å². The molecule has 0 radical (unpaired) electrons. The molecule has 6 heteroatoms. The molecule has 1 heterocycles. The molecular formula is C11H11BrN2O2S. The van der Waals surface area contributed by atoms with Gasteiger partial charge in [0.05, 0.1) is 11.6 Å². The maximum Gasteiger partial charge on any atom is 0.252 e. The fourth-order valence-corrected chi connectivity index (χ4v) is 2.52. The van der Waals surface area contributed by atoms with Gasteiger partial charge in [0.2, 0.25) is 5.91 Å². The summed E-state index contributed by atoms with van der Waals surface area (Å²) >= 11 is 7.55. The van der Waals surface area contributed by atoms with Crippen LogP contribution in [0, 0.1) is 0 Å². The quantitative estimate of drug-likeness (QED) is 0.722. The van der Waals surface area contributed by atoms with E-state index >= 15 is 0 Å². The minimum Gasteiger partial charge on any atom is -0.354 e. The van der Waals surface area contributed by atoms with Crippen LogP contribution in [0.4, 0.5) is 0 Å². The third-order valence-corrected chi connectivity index (χ3v) is 3.38. The second-order valence-corrected chi connectivity index (χ2v) is 5.24. The lowest BCUT2D eigenvalue weighted by Crippen LogP contribution is -2.36. The standard InChI is InChI=1S/C11H11BrN2O2S/c12-6-1-2-8(9(17)3-6)11(16)14-7-4-10(15)13-5-7/h1-3,7,17H,4-5H2,(H,13,15)(H,14,16). The maximum atomic E-state index is 11.9. The largest absolute Gasteiger partial charge is 0.354 e. The highest BCUT2D eigenvalue weighted by atomic mass is 79.9. The third kappa shape index (κ3) is 3.01. The van der Waals surface area contributed by atoms with Gasteiger partial charge in [-0.2, -0.15) is 0 Å². The molecule has 0 saturated carbocycles. The Bertz CT molecular complexity index is 479. The number of hydrogen-bond donors (Lipinski definition) is 3. The predicted molar refractivity (Wildman–Crippen MR) is 70.3 cm³/mol. The van der Waals surface area contributed by atoms with Gasteiger partial charge in [-0.05, 0) is 18.2 Å². The smallest absolute Gasteiger partial charge is 0.252 e. The van der Waals surface area contributed by atoms with Crippen LogP contribution in [0.15, 0.2) is 27.6 Å². The predicted octanol–water partition coefficient (Wildman–Crippen LogP) is 1.36. The van der Waals surface area contributed by atoms with Crippen LogP contribution in [0.3, 0.4) is 0 Å². The monoisotopic (exact) mass is 314 g/mol. The number of nitrogens with one attached hydrogen (secondary N) is 2. The van der Waals surface area contributed by atoms with Gasteiger partial charge in [0, 0.05) is 22.3 Å². The molecule has 0 spiro atoms. The number of halogens is 1. The van der Waals surface area contributed by atoms with E-state index in [-0.39, 0.29) is 17.9 Å². The lowest BCUT2D eigenvalue weighted by atomic mass is 10.2. The number of benzene rings is 1. The van der Waals surface area contributed by atoms with Gasteiger partial charge < -0.3 is 10.6 Å². The van der Waals surface area contributed by atoms with Crippen LogP contribution in [-0.2, 0) is 4.79 Å². The number of hydrogen-bond acceptors (Lipinski definition) is 3. The average Bonchev–Trinajstić information content (AvgIpc) is 2.63. The molecule has 2 N–H and O–H groups in total. The van der Waals surface area contributed by atoms with E-state index in [1.54, 1.807) is 18.2 Å². The Morgan fingerprint density at radius 1 is 1.53 bits per heavy atom. The Labute approximate surface area is 113 Å². The summed E-state index contributed by atoms with van der Waals surface area (Å²) in [7, 11) is 0. The molecule has 1 fully saturated rings. The summed E-state index contributed by atoms with van der Waals surface area (Å²) in [6.45, 7) is 0.489. The molecule has 1 aromatic carbocycles. The van der Waals surface area contributed by atoms with Crippen molar-refractivity contribution in [2.75, 3.05) is 6.54 Å². The Morgan fingerprint density at radius 2 is 2.29 bits per heavy atom. The summed E-state index contributed by atoms with van der Waals surface area (Å²) in [5.74, 6) is -0.235. The number of carbonyl (C=O) groups excluding carboxylic acids is 2. The first-order valence-electron chi connectivity index (χ1n) is 5.12. The van der Waals surface area contributed by atoms with Crippen molar-refractivity contribution in [3.05, 3.63) is 28.2 Å². The lowest BCUT2D eigenvalue weighted by molar-refractivity contribution is -0.119. The van der Waals surface area contributed by atoms with Crippen LogP contribution < -0.4 is 10.6 Å². The van der Waals surface area contributed by atoms with E-state index in [9.17, 15) is 9.59 Å². The van der Waals surface area contributed by atoms with Crippen LogP contribution in [0.2, 0.25) is 0 Å². The highest BCUT2D eigenvalue weighted by Crippen LogP contribution is 2.20. The van der Waals surface area contributed by atoms with Crippen molar-refractivity contribution in [2.45, 2.75) is 17.4 Å². The first-order chi connectivity index (χ1) is 8.06. The van der Waals surface area contributed by atoms with Crippen LogP contribution in [-0.4, -0.2) is 24.4 Å². The first-order valence-corrected chi connectivity index (χ1v) is 6.36. The molecule has 90 valence electrons. The molecule has 1 saturated heterocycles. The zero-order valence-electron chi connectivity index (χ0n) is 8.87. The van der Waals surface area contributed by atoms with E-state index < -0.39 is 0 Å². The molecule has 1 unspecified atom stereocenters. The Balaban J connectivity index is 2.07. The van der Waals surface area contributed by atoms with Crippen molar-refractivity contribution in [1.29, 1.82) is 0 Å². The SMILES string of the molecule is O=C1CC(NC(=O)c2ccc(Br)cc2S)CN1. The highest BCUT2D eigenvalue weighted by Gasteiger charge is 2.23. The van der Waals surface area contributed by atoms with Crippen molar-refractivity contribution in [1.82, 2.24) is 10.6 Å². The molecule has 1 atom stereocenters. The van der Waals surface area contributed by atoms with Gasteiger partial charge in [-0.3, -0.25) is 9.59 Å². The Hall–Kier alpha value is -1.01. The van der Waals surface area contributed by atoms with E-state index in [0.29, 0.717) is 23.4 Å². The number of carbonyl (C=O) groups is 2. The van der Waals surface area contributed by atoms with Crippen LogP contribution >= 0.6 is 28.6 Å². The minimum absolute atomic E-state index is 0.0304. The Kier molecular flexibility index (Phi) is 3.73. The Morgan fingerprint density at radius 3 is 2.88 bits per heavy atom. The molecule has 0 aromatic heterocycles. The zero-order valence-corrected chi connectivity index (χ0v) is 11.3. The molecule has 0 aliphatic carbocycles. The maximum absolute atomic E-state index is 11.9. The van der Waals surface area contributed by atoms with Gasteiger partial charge in [-0.15, -0.1) is 12.6 Å². The zero-order chi connectivity index (χ0) is 12.4. The fourth-order valence-electron chi connectivity index (χ4n) is 1.67. The normalized spacial score (nSPS) is 18.9. The number of thiol groups is 1. The molecule has 4 nitrogen and oxygen atoms in total. The van der Waals surface area contributed by atoms with Crippen molar-refractivity contribution in [3.63, 3.8) is 0 Å². The molecule has 1 aromatic rings. The number of amides is 2. The van der Waals surface area contributed by atoms with Gasteiger partial charge in [-0.1, -0.05) is 15.9 Å². The van der Waals surface area contributed by atoms with Crippen molar-refractivity contribution < 1.29 is 9.59 Å². The summed E-state index contributed by atoms with van der Waals surface area (Å²) in [5.41, 5.74) is 0.510. The second kappa shape index (κ2) is 5.10. The molecule has 0 bridgehead atoms. The molecule has 1 aliphatic rings. The summed E-state index contributed by atoms with van der Waals surface area (Å²) in [4.78, 5) is 23.5. The summed E-state index contributed by atoms with van der Waals surface area (Å²) in [6, 6.07) is 5.11. The highest BCUT2D eigenvalue weighted by molar-refractivity contribution is 9.10. The average molecular weight is 315 g/mol. The van der Waals surface area contributed by atoms with Crippen molar-refractivity contribution >= 4 is 40.4 Å². The third-order valence-electron chi connectivity index (χ3n) is 2.52. The summed E-state index contributed by atoms with van der Waals surface area (Å²) in [6.07, 6.45) is 0.337. The topological polar surface area (TPSA) is 58.2 Å². The van der Waals surface area contributed by atoms with Gasteiger partial charge in [-0.25, -0.2) is 0 Å². The molecule has 2 amide bonds. The molecule has 17 heavy (non-hydrogen) atoms. The fraction of sp³-hybridized carbons (Fsp3) is 0.273. The summed E-state index contributed by atoms with van der Waals surface area (Å²) in [5, 5.41) is 5.47. The van der Waals surface area contributed by atoms with Crippen molar-refractivity contribution in [2.24, 2.45) is 0 Å². The second-order valence-electron chi connectivity index (χ2n) is 3.84. The van der Waals surface area contributed by atoms with E-state index in [0.717, 1.165) is 4.47 Å². The van der Waals surface area contributed by atoms with Gasteiger partial charge in [0.25, 0.3) is 5.91 Å². The lowest BCUT2D eigenvalue weighted by Gasteiger charge is -2.11. The molecule has 1 aliphatic heterocycles. The van der Waals surface area contributed by atoms with Crippen LogP contribution in [0.1, 0.15) is 16.8 Å². The molecular weight excluding hydrogens is 304 g/mol. The van der Waals surface area contributed by atoms with Gasteiger partial charge >= 0.3 is 0 Å².